The Bertz CT molecular complexity index is 523. The lowest BCUT2D eigenvalue weighted by atomic mass is 10.1. The molecule has 0 aliphatic carbocycles. The Labute approximate surface area is 109 Å². The van der Waals surface area contributed by atoms with Crippen molar-refractivity contribution in [1.82, 2.24) is 5.32 Å². The zero-order valence-corrected chi connectivity index (χ0v) is 11.1. The van der Waals surface area contributed by atoms with Gasteiger partial charge in [-0.15, -0.1) is 0 Å². The van der Waals surface area contributed by atoms with Crippen molar-refractivity contribution in [2.75, 3.05) is 7.11 Å². The van der Waals surface area contributed by atoms with E-state index < -0.39 is 0 Å². The van der Waals surface area contributed by atoms with Gasteiger partial charge >= 0.3 is 0 Å². The van der Waals surface area contributed by atoms with Crippen LogP contribution in [0.5, 0.6) is 5.75 Å². The van der Waals surface area contributed by atoms with Gasteiger partial charge in [0.05, 0.1) is 12.0 Å². The molecule has 1 aromatic carbocycles. The average Bonchev–Trinajstić information content (AvgIpc) is 2.58. The number of amides is 1. The average molecular weight is 265 g/mol. The van der Waals surface area contributed by atoms with Crippen molar-refractivity contribution in [3.05, 3.63) is 34.2 Å². The minimum atomic E-state index is -0.131. The van der Waals surface area contributed by atoms with Crippen LogP contribution >= 0.6 is 24.0 Å². The maximum atomic E-state index is 11.5. The number of carbonyl (C=O) groups is 1. The van der Waals surface area contributed by atoms with E-state index >= 15 is 0 Å². The van der Waals surface area contributed by atoms with Gasteiger partial charge in [-0.05, 0) is 36.3 Å². The van der Waals surface area contributed by atoms with Gasteiger partial charge in [-0.3, -0.25) is 4.79 Å². The number of rotatable bonds is 2. The Kier molecular flexibility index (Phi) is 3.49. The Hall–Kier alpha value is -1.33. The summed E-state index contributed by atoms with van der Waals surface area (Å²) in [4.78, 5) is 12.1. The number of ether oxygens (including phenoxy) is 1. The van der Waals surface area contributed by atoms with Gasteiger partial charge in [0.25, 0.3) is 5.91 Å². The molecular weight excluding hydrogens is 254 g/mol. The summed E-state index contributed by atoms with van der Waals surface area (Å²) in [5.74, 6) is 0.708. The number of thiocarbonyl (C=S) groups is 1. The summed E-state index contributed by atoms with van der Waals surface area (Å²) in [5, 5.41) is 2.59. The Morgan fingerprint density at radius 2 is 2.24 bits per heavy atom. The van der Waals surface area contributed by atoms with Gasteiger partial charge in [0.1, 0.15) is 10.1 Å². The third kappa shape index (κ3) is 2.68. The minimum absolute atomic E-state index is 0.131. The summed E-state index contributed by atoms with van der Waals surface area (Å²) >= 11 is 6.21. The van der Waals surface area contributed by atoms with Crippen LogP contribution in [-0.4, -0.2) is 17.3 Å². The third-order valence-corrected chi connectivity index (χ3v) is 3.52. The molecule has 3 nitrogen and oxygen atoms in total. The SMILES string of the molecule is COc1ccc(/C=C2/SC(=S)NC2=O)cc1C. The standard InChI is InChI=1S/C12H11NO2S2/c1-7-5-8(3-4-9(7)15-2)6-10-11(14)13-12(16)17-10/h3-6H,1-2H3,(H,13,14,16)/b10-6+. The minimum Gasteiger partial charge on any atom is -0.496 e. The number of hydrogen-bond donors (Lipinski definition) is 1. The summed E-state index contributed by atoms with van der Waals surface area (Å²) in [6.45, 7) is 1.97. The predicted octanol–water partition coefficient (Wildman–Crippen LogP) is 2.49. The van der Waals surface area contributed by atoms with Crippen LogP contribution in [0.15, 0.2) is 23.1 Å². The lowest BCUT2D eigenvalue weighted by Gasteiger charge is -2.04. The molecule has 88 valence electrons. The van der Waals surface area contributed by atoms with E-state index in [4.69, 9.17) is 17.0 Å². The monoisotopic (exact) mass is 265 g/mol. The van der Waals surface area contributed by atoms with E-state index in [0.29, 0.717) is 9.23 Å². The van der Waals surface area contributed by atoms with Crippen LogP contribution in [0.4, 0.5) is 0 Å². The van der Waals surface area contributed by atoms with Crippen molar-refractivity contribution in [1.29, 1.82) is 0 Å². The molecule has 1 aliphatic rings. The molecule has 0 aromatic heterocycles. The molecule has 1 saturated heterocycles. The Balaban J connectivity index is 2.30. The maximum absolute atomic E-state index is 11.5. The van der Waals surface area contributed by atoms with Gasteiger partial charge < -0.3 is 10.1 Å². The highest BCUT2D eigenvalue weighted by atomic mass is 32.2. The van der Waals surface area contributed by atoms with Gasteiger partial charge in [0.2, 0.25) is 0 Å². The van der Waals surface area contributed by atoms with Gasteiger partial charge in [-0.25, -0.2) is 0 Å². The van der Waals surface area contributed by atoms with Crippen molar-refractivity contribution >= 4 is 40.3 Å². The van der Waals surface area contributed by atoms with E-state index in [1.165, 1.54) is 11.8 Å². The zero-order chi connectivity index (χ0) is 12.4. The fourth-order valence-corrected chi connectivity index (χ4v) is 2.61. The molecule has 0 unspecified atom stereocenters. The lowest BCUT2D eigenvalue weighted by Crippen LogP contribution is -2.17. The molecule has 5 heteroatoms. The second-order valence-corrected chi connectivity index (χ2v) is 5.30. The fourth-order valence-electron chi connectivity index (χ4n) is 1.56. The number of carbonyl (C=O) groups excluding carboxylic acids is 1. The second kappa shape index (κ2) is 4.89. The van der Waals surface area contributed by atoms with Crippen molar-refractivity contribution in [3.8, 4) is 5.75 Å². The number of thioether (sulfide) groups is 1. The van der Waals surface area contributed by atoms with E-state index in [1.807, 2.05) is 31.2 Å². The first-order valence-corrected chi connectivity index (χ1v) is 6.22. The van der Waals surface area contributed by atoms with Crippen LogP contribution in [0, 0.1) is 6.92 Å². The molecular formula is C12H11NO2S2. The molecule has 2 rings (SSSR count). The molecule has 0 saturated carbocycles. The first kappa shape index (κ1) is 12.1. The Morgan fingerprint density at radius 3 is 2.76 bits per heavy atom. The molecule has 1 amide bonds. The summed E-state index contributed by atoms with van der Waals surface area (Å²) < 4.78 is 5.69. The summed E-state index contributed by atoms with van der Waals surface area (Å²) in [7, 11) is 1.64. The van der Waals surface area contributed by atoms with Crippen LogP contribution < -0.4 is 10.1 Å². The molecule has 1 aromatic rings. The van der Waals surface area contributed by atoms with E-state index in [9.17, 15) is 4.79 Å². The number of nitrogens with one attached hydrogen (secondary N) is 1. The van der Waals surface area contributed by atoms with Gasteiger partial charge in [-0.2, -0.15) is 0 Å². The summed E-state index contributed by atoms with van der Waals surface area (Å²) in [6, 6.07) is 5.77. The first-order valence-electron chi connectivity index (χ1n) is 4.99. The smallest absolute Gasteiger partial charge is 0.263 e. The molecule has 1 aliphatic heterocycles. The van der Waals surface area contributed by atoms with Crippen molar-refractivity contribution in [2.24, 2.45) is 0 Å². The number of hydrogen-bond acceptors (Lipinski definition) is 4. The molecule has 1 heterocycles. The topological polar surface area (TPSA) is 38.3 Å². The second-order valence-electron chi connectivity index (χ2n) is 3.58. The van der Waals surface area contributed by atoms with Crippen molar-refractivity contribution in [3.63, 3.8) is 0 Å². The van der Waals surface area contributed by atoms with Crippen molar-refractivity contribution in [2.45, 2.75) is 6.92 Å². The number of methoxy groups -OCH3 is 1. The highest BCUT2D eigenvalue weighted by molar-refractivity contribution is 8.26. The molecule has 0 spiro atoms. The maximum Gasteiger partial charge on any atom is 0.263 e. The largest absolute Gasteiger partial charge is 0.496 e. The molecule has 1 fully saturated rings. The molecule has 0 bridgehead atoms. The van der Waals surface area contributed by atoms with Crippen LogP contribution in [0.25, 0.3) is 6.08 Å². The van der Waals surface area contributed by atoms with E-state index in [2.05, 4.69) is 5.32 Å². The number of benzene rings is 1. The normalized spacial score (nSPS) is 17.4. The fraction of sp³-hybridized carbons (Fsp3) is 0.167. The highest BCUT2D eigenvalue weighted by Gasteiger charge is 2.21. The summed E-state index contributed by atoms with van der Waals surface area (Å²) in [6.07, 6.45) is 1.83. The predicted molar refractivity (Wildman–Crippen MR) is 74.0 cm³/mol. The first-order chi connectivity index (χ1) is 8.10. The van der Waals surface area contributed by atoms with Crippen molar-refractivity contribution < 1.29 is 9.53 Å². The van der Waals surface area contributed by atoms with Crippen LogP contribution in [0.2, 0.25) is 0 Å². The van der Waals surface area contributed by atoms with E-state index in [-0.39, 0.29) is 5.91 Å². The molecule has 0 radical (unpaired) electrons. The van der Waals surface area contributed by atoms with Gasteiger partial charge in [0, 0.05) is 0 Å². The third-order valence-electron chi connectivity index (χ3n) is 2.36. The quantitative estimate of drug-likeness (QED) is 0.658. The Morgan fingerprint density at radius 1 is 1.47 bits per heavy atom. The molecule has 17 heavy (non-hydrogen) atoms. The van der Waals surface area contributed by atoms with Crippen LogP contribution in [0.3, 0.4) is 0 Å². The van der Waals surface area contributed by atoms with E-state index in [0.717, 1.165) is 16.9 Å². The van der Waals surface area contributed by atoms with Gasteiger partial charge in [-0.1, -0.05) is 30.0 Å². The van der Waals surface area contributed by atoms with Crippen LogP contribution in [-0.2, 0) is 4.79 Å². The summed E-state index contributed by atoms with van der Waals surface area (Å²) in [5.41, 5.74) is 2.00. The van der Waals surface area contributed by atoms with E-state index in [1.54, 1.807) is 7.11 Å². The lowest BCUT2D eigenvalue weighted by molar-refractivity contribution is -0.115. The molecule has 1 N–H and O–H groups in total. The zero-order valence-electron chi connectivity index (χ0n) is 9.44. The number of aryl methyl sites for hydroxylation is 1. The van der Waals surface area contributed by atoms with Gasteiger partial charge in [0.15, 0.2) is 0 Å². The molecule has 0 atom stereocenters. The van der Waals surface area contributed by atoms with Crippen LogP contribution in [0.1, 0.15) is 11.1 Å². The highest BCUT2D eigenvalue weighted by Crippen LogP contribution is 2.27.